The number of pyridine rings is 1. The maximum absolute atomic E-state index is 14.6. The van der Waals surface area contributed by atoms with Crippen LogP contribution in [0.2, 0.25) is 0 Å². The summed E-state index contributed by atoms with van der Waals surface area (Å²) in [7, 11) is 1.20. The van der Waals surface area contributed by atoms with Gasteiger partial charge in [0.05, 0.1) is 12.7 Å². The molecule has 1 saturated heterocycles. The number of anilines is 1. The quantitative estimate of drug-likeness (QED) is 0.621. The molecule has 0 atom stereocenters. The molecule has 2 aromatic rings. The van der Waals surface area contributed by atoms with Gasteiger partial charge in [0.15, 0.2) is 5.82 Å². The Hall–Kier alpha value is -2.77. The Bertz CT molecular complexity index is 808. The molecule has 0 bridgehead atoms. The third kappa shape index (κ3) is 3.38. The standard InChI is InChI=1S/C17H15F3N2O3/c1-24-17(23)10-5-4-6-11(9-10)25-14-12(18)15(20)21-16(13(14)19)22-7-2-3-8-22/h4-6,9H,2-3,7-8H2,1H3. The predicted molar refractivity (Wildman–Crippen MR) is 83.4 cm³/mol. The molecule has 1 aliphatic rings. The van der Waals surface area contributed by atoms with Gasteiger partial charge < -0.3 is 14.4 Å². The lowest BCUT2D eigenvalue weighted by atomic mass is 10.2. The molecule has 25 heavy (non-hydrogen) atoms. The van der Waals surface area contributed by atoms with E-state index < -0.39 is 29.3 Å². The summed E-state index contributed by atoms with van der Waals surface area (Å²) >= 11 is 0. The molecule has 0 spiro atoms. The first kappa shape index (κ1) is 17.1. The van der Waals surface area contributed by atoms with Gasteiger partial charge in [-0.05, 0) is 31.0 Å². The molecule has 8 heteroatoms. The molecular formula is C17H15F3N2O3. The van der Waals surface area contributed by atoms with Crippen LogP contribution in [0.15, 0.2) is 24.3 Å². The Balaban J connectivity index is 1.98. The number of nitrogens with zero attached hydrogens (tertiary/aromatic N) is 2. The summed E-state index contributed by atoms with van der Waals surface area (Å²) in [5.74, 6) is -5.88. The van der Waals surface area contributed by atoms with Crippen LogP contribution in [0.5, 0.6) is 11.5 Å². The van der Waals surface area contributed by atoms with Crippen molar-refractivity contribution in [1.82, 2.24) is 4.98 Å². The second-order valence-corrected chi connectivity index (χ2v) is 5.50. The summed E-state index contributed by atoms with van der Waals surface area (Å²) in [6, 6.07) is 5.54. The number of methoxy groups -OCH3 is 1. The van der Waals surface area contributed by atoms with Crippen molar-refractivity contribution in [2.24, 2.45) is 0 Å². The van der Waals surface area contributed by atoms with Gasteiger partial charge in [0.1, 0.15) is 5.75 Å². The van der Waals surface area contributed by atoms with Gasteiger partial charge in [0, 0.05) is 13.1 Å². The van der Waals surface area contributed by atoms with Gasteiger partial charge in [-0.1, -0.05) is 6.07 Å². The van der Waals surface area contributed by atoms with Crippen LogP contribution in [-0.4, -0.2) is 31.2 Å². The van der Waals surface area contributed by atoms with Crippen LogP contribution >= 0.6 is 0 Å². The number of aromatic nitrogens is 1. The van der Waals surface area contributed by atoms with Crippen LogP contribution in [0, 0.1) is 17.6 Å². The average molecular weight is 352 g/mol. The Labute approximate surface area is 142 Å². The van der Waals surface area contributed by atoms with Gasteiger partial charge >= 0.3 is 5.97 Å². The summed E-state index contributed by atoms with van der Waals surface area (Å²) < 4.78 is 52.2. The van der Waals surface area contributed by atoms with Crippen LogP contribution in [0.25, 0.3) is 0 Å². The molecule has 0 aliphatic carbocycles. The Kier molecular flexibility index (Phi) is 4.78. The van der Waals surface area contributed by atoms with E-state index in [0.717, 1.165) is 12.8 Å². The van der Waals surface area contributed by atoms with Crippen LogP contribution in [0.4, 0.5) is 19.0 Å². The molecule has 0 amide bonds. The van der Waals surface area contributed by atoms with Gasteiger partial charge in [-0.25, -0.2) is 4.79 Å². The fourth-order valence-electron chi connectivity index (χ4n) is 2.63. The zero-order valence-electron chi connectivity index (χ0n) is 13.4. The minimum absolute atomic E-state index is 0.0290. The maximum Gasteiger partial charge on any atom is 0.337 e. The van der Waals surface area contributed by atoms with Gasteiger partial charge in [0.2, 0.25) is 17.4 Å². The number of hydrogen-bond acceptors (Lipinski definition) is 5. The highest BCUT2D eigenvalue weighted by atomic mass is 19.2. The minimum atomic E-state index is -1.52. The van der Waals surface area contributed by atoms with E-state index in [1.54, 1.807) is 0 Å². The zero-order chi connectivity index (χ0) is 18.0. The molecule has 0 unspecified atom stereocenters. The number of esters is 1. The average Bonchev–Trinajstić information content (AvgIpc) is 3.15. The van der Waals surface area contributed by atoms with Crippen molar-refractivity contribution in [3.8, 4) is 11.5 Å². The van der Waals surface area contributed by atoms with Crippen LogP contribution < -0.4 is 9.64 Å². The molecule has 1 fully saturated rings. The Morgan fingerprint density at radius 1 is 1.16 bits per heavy atom. The van der Waals surface area contributed by atoms with E-state index in [9.17, 15) is 18.0 Å². The van der Waals surface area contributed by atoms with Crippen molar-refractivity contribution in [3.63, 3.8) is 0 Å². The number of hydrogen-bond donors (Lipinski definition) is 0. The van der Waals surface area contributed by atoms with Crippen LogP contribution in [0.1, 0.15) is 23.2 Å². The lowest BCUT2D eigenvalue weighted by molar-refractivity contribution is 0.0600. The number of ether oxygens (including phenoxy) is 2. The highest BCUT2D eigenvalue weighted by molar-refractivity contribution is 5.89. The summed E-state index contributed by atoms with van der Waals surface area (Å²) in [4.78, 5) is 16.4. The normalized spacial score (nSPS) is 13.8. The monoisotopic (exact) mass is 352 g/mol. The number of rotatable bonds is 4. The van der Waals surface area contributed by atoms with E-state index in [1.807, 2.05) is 0 Å². The van der Waals surface area contributed by atoms with Gasteiger partial charge in [-0.3, -0.25) is 0 Å². The molecule has 1 aliphatic heterocycles. The molecule has 0 radical (unpaired) electrons. The number of halogens is 3. The third-order valence-electron chi connectivity index (χ3n) is 3.86. The SMILES string of the molecule is COC(=O)c1cccc(Oc2c(F)c(F)nc(N3CCCC3)c2F)c1. The highest BCUT2D eigenvalue weighted by Crippen LogP contribution is 2.34. The van der Waals surface area contributed by atoms with Crippen LogP contribution in [-0.2, 0) is 4.74 Å². The second kappa shape index (κ2) is 7.00. The van der Waals surface area contributed by atoms with E-state index in [0.29, 0.717) is 13.1 Å². The topological polar surface area (TPSA) is 51.7 Å². The molecule has 2 heterocycles. The summed E-state index contributed by atoms with van der Waals surface area (Å²) in [5.41, 5.74) is 0.134. The minimum Gasteiger partial charge on any atom is -0.465 e. The smallest absolute Gasteiger partial charge is 0.337 e. The van der Waals surface area contributed by atoms with E-state index in [2.05, 4.69) is 9.72 Å². The second-order valence-electron chi connectivity index (χ2n) is 5.50. The van der Waals surface area contributed by atoms with E-state index in [1.165, 1.54) is 36.3 Å². The predicted octanol–water partition coefficient (Wildman–Crippen LogP) is 3.68. The number of carbonyl (C=O) groups is 1. The molecule has 0 N–H and O–H groups in total. The van der Waals surface area contributed by atoms with Gasteiger partial charge in [-0.2, -0.15) is 18.2 Å². The van der Waals surface area contributed by atoms with Crippen molar-refractivity contribution in [1.29, 1.82) is 0 Å². The molecular weight excluding hydrogens is 337 g/mol. The van der Waals surface area contributed by atoms with E-state index in [-0.39, 0.29) is 17.1 Å². The largest absolute Gasteiger partial charge is 0.465 e. The van der Waals surface area contributed by atoms with Crippen molar-refractivity contribution >= 4 is 11.8 Å². The first-order valence-corrected chi connectivity index (χ1v) is 7.67. The van der Waals surface area contributed by atoms with E-state index >= 15 is 0 Å². The fourth-order valence-corrected chi connectivity index (χ4v) is 2.63. The molecule has 3 rings (SSSR count). The van der Waals surface area contributed by atoms with Crippen LogP contribution in [0.3, 0.4) is 0 Å². The highest BCUT2D eigenvalue weighted by Gasteiger charge is 2.27. The molecule has 1 aromatic carbocycles. The first-order chi connectivity index (χ1) is 12.0. The van der Waals surface area contributed by atoms with Crippen molar-refractivity contribution in [3.05, 3.63) is 47.4 Å². The van der Waals surface area contributed by atoms with Gasteiger partial charge in [-0.15, -0.1) is 0 Å². The Morgan fingerprint density at radius 2 is 1.88 bits per heavy atom. The lowest BCUT2D eigenvalue weighted by Gasteiger charge is -2.19. The number of benzene rings is 1. The van der Waals surface area contributed by atoms with Crippen molar-refractivity contribution < 1.29 is 27.4 Å². The van der Waals surface area contributed by atoms with E-state index in [4.69, 9.17) is 4.74 Å². The molecule has 132 valence electrons. The third-order valence-corrected chi connectivity index (χ3v) is 3.86. The Morgan fingerprint density at radius 3 is 2.56 bits per heavy atom. The summed E-state index contributed by atoms with van der Waals surface area (Å²) in [6.45, 7) is 1.01. The lowest BCUT2D eigenvalue weighted by Crippen LogP contribution is -2.22. The van der Waals surface area contributed by atoms with Crippen molar-refractivity contribution in [2.75, 3.05) is 25.1 Å². The maximum atomic E-state index is 14.6. The van der Waals surface area contributed by atoms with Crippen molar-refractivity contribution in [2.45, 2.75) is 12.8 Å². The molecule has 1 aromatic heterocycles. The fraction of sp³-hybridized carbons (Fsp3) is 0.294. The van der Waals surface area contributed by atoms with Gasteiger partial charge in [0.25, 0.3) is 5.95 Å². The summed E-state index contributed by atoms with van der Waals surface area (Å²) in [5, 5.41) is 0. The zero-order valence-corrected chi connectivity index (χ0v) is 13.4. The molecule has 5 nitrogen and oxygen atoms in total. The first-order valence-electron chi connectivity index (χ1n) is 7.67. The number of carbonyl (C=O) groups excluding carboxylic acids is 1. The molecule has 0 saturated carbocycles. The summed E-state index contributed by atoms with van der Waals surface area (Å²) in [6.07, 6.45) is 1.63.